The largest absolute Gasteiger partial charge is 0.310 e. The molecule has 7 aliphatic carbocycles. The molecule has 0 aromatic heterocycles. The lowest BCUT2D eigenvalue weighted by atomic mass is 9.48. The third-order valence-electron chi connectivity index (χ3n) is 18.0. The molecule has 0 N–H and O–H groups in total. The van der Waals surface area contributed by atoms with Crippen molar-refractivity contribution in [1.29, 1.82) is 0 Å². The molecule has 0 atom stereocenters. The Morgan fingerprint density at radius 1 is 0.373 bits per heavy atom. The van der Waals surface area contributed by atoms with Crippen molar-refractivity contribution in [2.75, 3.05) is 4.90 Å². The van der Waals surface area contributed by atoms with Gasteiger partial charge in [0.2, 0.25) is 0 Å². The van der Waals surface area contributed by atoms with Crippen LogP contribution in [0.2, 0.25) is 0 Å². The second kappa shape index (κ2) is 13.6. The zero-order valence-electron chi connectivity index (χ0n) is 38.4. The lowest BCUT2D eigenvalue weighted by molar-refractivity contribution is -0.00518. The molecule has 0 heterocycles. The summed E-state index contributed by atoms with van der Waals surface area (Å²) in [4.78, 5) is 2.53. The predicted octanol–water partition coefficient (Wildman–Crippen LogP) is 17.1. The maximum absolute atomic E-state index is 2.55. The van der Waals surface area contributed by atoms with Crippen LogP contribution in [0.5, 0.6) is 0 Å². The van der Waals surface area contributed by atoms with Crippen molar-refractivity contribution in [2.45, 2.75) is 68.6 Å². The van der Waals surface area contributed by atoms with E-state index in [9.17, 15) is 0 Å². The topological polar surface area (TPSA) is 3.24 Å². The highest BCUT2D eigenvalue weighted by Gasteiger charge is 2.52. The first-order chi connectivity index (χ1) is 32.9. The van der Waals surface area contributed by atoms with Crippen LogP contribution < -0.4 is 4.90 Å². The summed E-state index contributed by atoms with van der Waals surface area (Å²) in [6.45, 7) is 4.79. The Bertz CT molecular complexity index is 3440. The number of nitrogens with zero attached hydrogens (tertiary/aromatic N) is 1. The normalized spacial score (nSPS) is 22.3. The Hall–Kier alpha value is -6.96. The highest BCUT2D eigenvalue weighted by molar-refractivity contribution is 6.07. The average molecular weight is 860 g/mol. The van der Waals surface area contributed by atoms with E-state index in [1.807, 2.05) is 0 Å². The van der Waals surface area contributed by atoms with E-state index in [4.69, 9.17) is 0 Å². The minimum atomic E-state index is -0.494. The van der Waals surface area contributed by atoms with Gasteiger partial charge in [0.15, 0.2) is 0 Å². The van der Waals surface area contributed by atoms with Crippen molar-refractivity contribution in [3.63, 3.8) is 0 Å². The van der Waals surface area contributed by atoms with E-state index in [-0.39, 0.29) is 5.41 Å². The summed E-state index contributed by atoms with van der Waals surface area (Å²) in [6, 6.07) is 75.0. The molecule has 16 rings (SSSR count). The van der Waals surface area contributed by atoms with E-state index < -0.39 is 5.41 Å². The van der Waals surface area contributed by atoms with E-state index >= 15 is 0 Å². The van der Waals surface area contributed by atoms with E-state index in [0.29, 0.717) is 5.41 Å². The summed E-state index contributed by atoms with van der Waals surface area (Å²) in [5.41, 5.74) is 23.6. The van der Waals surface area contributed by atoms with Gasteiger partial charge in [-0.3, -0.25) is 0 Å². The fraction of sp³-hybridized carbons (Fsp3) is 0.212. The molecule has 1 spiro atoms. The minimum Gasteiger partial charge on any atom is -0.310 e. The zero-order chi connectivity index (χ0) is 44.2. The van der Waals surface area contributed by atoms with E-state index in [1.54, 1.807) is 5.56 Å². The fourth-order valence-electron chi connectivity index (χ4n) is 15.6. The molecular weight excluding hydrogens is 807 g/mol. The van der Waals surface area contributed by atoms with Crippen molar-refractivity contribution in [3.05, 3.63) is 233 Å². The third kappa shape index (κ3) is 5.15. The van der Waals surface area contributed by atoms with Crippen LogP contribution in [-0.2, 0) is 16.2 Å². The molecule has 1 nitrogen and oxygen atoms in total. The van der Waals surface area contributed by atoms with Crippen LogP contribution in [0, 0.1) is 17.8 Å². The van der Waals surface area contributed by atoms with Gasteiger partial charge in [0.05, 0.1) is 5.41 Å². The number of benzene rings is 9. The molecule has 67 heavy (non-hydrogen) atoms. The first kappa shape index (κ1) is 38.2. The summed E-state index contributed by atoms with van der Waals surface area (Å²) >= 11 is 0. The average Bonchev–Trinajstić information content (AvgIpc) is 3.78. The van der Waals surface area contributed by atoms with Gasteiger partial charge in [0.25, 0.3) is 0 Å². The molecule has 9 aromatic carbocycles. The summed E-state index contributed by atoms with van der Waals surface area (Å²) < 4.78 is 0. The summed E-state index contributed by atoms with van der Waals surface area (Å²) in [5, 5.41) is 2.65. The Kier molecular flexibility index (Phi) is 7.74. The van der Waals surface area contributed by atoms with Crippen LogP contribution in [0.3, 0.4) is 0 Å². The number of hydrogen-bond donors (Lipinski definition) is 0. The van der Waals surface area contributed by atoms with Crippen LogP contribution in [0.15, 0.2) is 194 Å². The van der Waals surface area contributed by atoms with Crippen molar-refractivity contribution in [1.82, 2.24) is 0 Å². The van der Waals surface area contributed by atoms with Gasteiger partial charge in [0, 0.05) is 22.5 Å². The highest BCUT2D eigenvalue weighted by atomic mass is 15.1. The quantitative estimate of drug-likeness (QED) is 0.167. The van der Waals surface area contributed by atoms with Gasteiger partial charge in [-0.25, -0.2) is 0 Å². The Balaban J connectivity index is 0.908. The third-order valence-corrected chi connectivity index (χ3v) is 18.0. The second-order valence-corrected chi connectivity index (χ2v) is 21.8. The second-order valence-electron chi connectivity index (χ2n) is 21.8. The molecule has 1 heteroatoms. The van der Waals surface area contributed by atoms with Crippen molar-refractivity contribution >= 4 is 27.8 Å². The fourth-order valence-corrected chi connectivity index (χ4v) is 15.6. The Labute approximate surface area is 394 Å². The van der Waals surface area contributed by atoms with E-state index in [2.05, 4.69) is 213 Å². The molecule has 9 aromatic rings. The molecule has 4 fully saturated rings. The van der Waals surface area contributed by atoms with E-state index in [1.165, 1.54) is 133 Å². The van der Waals surface area contributed by atoms with Gasteiger partial charge in [-0.15, -0.1) is 0 Å². The monoisotopic (exact) mass is 859 g/mol. The first-order valence-electron chi connectivity index (χ1n) is 25.0. The number of fused-ring (bicyclic) bond motifs is 12. The summed E-state index contributed by atoms with van der Waals surface area (Å²) in [5.74, 6) is 2.84. The SMILES string of the molecule is CC1(C)c2ccccc2-c2ccc(N(c3ccc(-c4ccc(C56CC7CC(CC(C7)C5)C6)cc4)cc3)c3ccc4c(c3)C3(c5ccccc5-c5ccccc53)c3cccc5cccc-4c35)cc21. The van der Waals surface area contributed by atoms with Crippen molar-refractivity contribution < 1.29 is 0 Å². The van der Waals surface area contributed by atoms with Gasteiger partial charge < -0.3 is 4.90 Å². The molecule has 0 radical (unpaired) electrons. The number of anilines is 3. The number of rotatable bonds is 5. The lowest BCUT2D eigenvalue weighted by Gasteiger charge is -2.57. The summed E-state index contributed by atoms with van der Waals surface area (Å²) in [6.07, 6.45) is 8.66. The summed E-state index contributed by atoms with van der Waals surface area (Å²) in [7, 11) is 0. The number of hydrogen-bond acceptors (Lipinski definition) is 1. The maximum Gasteiger partial charge on any atom is 0.0726 e. The van der Waals surface area contributed by atoms with Crippen LogP contribution in [-0.4, -0.2) is 0 Å². The molecule has 0 aliphatic heterocycles. The smallest absolute Gasteiger partial charge is 0.0726 e. The molecule has 0 unspecified atom stereocenters. The van der Waals surface area contributed by atoms with Gasteiger partial charge in [-0.1, -0.05) is 172 Å². The van der Waals surface area contributed by atoms with Gasteiger partial charge >= 0.3 is 0 Å². The molecular formula is C66H53N. The Morgan fingerprint density at radius 2 is 0.821 bits per heavy atom. The minimum absolute atomic E-state index is 0.126. The molecule has 0 saturated heterocycles. The van der Waals surface area contributed by atoms with Crippen LogP contribution in [0.4, 0.5) is 17.1 Å². The molecule has 4 bridgehead atoms. The van der Waals surface area contributed by atoms with E-state index in [0.717, 1.165) is 29.1 Å². The molecule has 4 saturated carbocycles. The molecule has 7 aliphatic rings. The maximum atomic E-state index is 2.55. The van der Waals surface area contributed by atoms with Crippen molar-refractivity contribution in [2.24, 2.45) is 17.8 Å². The molecule has 0 amide bonds. The van der Waals surface area contributed by atoms with Crippen molar-refractivity contribution in [3.8, 4) is 44.5 Å². The standard InChI is InChI=1S/C66H53N/c1-64(2)57-17-6-3-13-51(57)54-31-29-49(36-61(54)64)67(48-27-23-45(24-28-48)44-21-25-47(26-22-44)65-38-41-33-42(39-65)35-43(34-41)40-65)50-30-32-55-56-16-9-11-46-12-10-20-60(63(46)56)66(62(55)37-50)58-18-7-4-14-52(58)53-15-5-8-19-59(53)66/h3-32,36-37,41-43H,33-35,38-40H2,1-2H3. The zero-order valence-corrected chi connectivity index (χ0v) is 38.4. The van der Waals surface area contributed by atoms with Gasteiger partial charge in [-0.2, -0.15) is 0 Å². The molecule has 322 valence electrons. The van der Waals surface area contributed by atoms with Crippen LogP contribution in [0.25, 0.3) is 55.3 Å². The van der Waals surface area contributed by atoms with Gasteiger partial charge in [0.1, 0.15) is 0 Å². The van der Waals surface area contributed by atoms with Crippen LogP contribution >= 0.6 is 0 Å². The first-order valence-corrected chi connectivity index (χ1v) is 25.0. The van der Waals surface area contributed by atoms with Crippen LogP contribution in [0.1, 0.15) is 91.3 Å². The highest BCUT2D eigenvalue weighted by Crippen LogP contribution is 2.63. The predicted molar refractivity (Wildman–Crippen MR) is 278 cm³/mol. The van der Waals surface area contributed by atoms with Gasteiger partial charge in [-0.05, 0) is 192 Å². The lowest BCUT2D eigenvalue weighted by Crippen LogP contribution is -2.48. The Morgan fingerprint density at radius 3 is 1.43 bits per heavy atom.